The zero-order chi connectivity index (χ0) is 21.4. The van der Waals surface area contributed by atoms with E-state index in [1.54, 1.807) is 16.8 Å². The van der Waals surface area contributed by atoms with Gasteiger partial charge in [0.05, 0.1) is 5.69 Å². The van der Waals surface area contributed by atoms with E-state index in [1.165, 1.54) is 6.07 Å². The number of benzene rings is 1. The molecule has 0 fully saturated rings. The quantitative estimate of drug-likeness (QED) is 0.641. The van der Waals surface area contributed by atoms with Crippen LogP contribution in [0.15, 0.2) is 24.3 Å². The summed E-state index contributed by atoms with van der Waals surface area (Å²) < 4.78 is 16.0. The maximum absolute atomic E-state index is 14.5. The summed E-state index contributed by atoms with van der Waals surface area (Å²) in [5, 5.41) is 6.98. The second kappa shape index (κ2) is 10.7. The van der Waals surface area contributed by atoms with Crippen LogP contribution >= 0.6 is 0 Å². The van der Waals surface area contributed by atoms with E-state index in [2.05, 4.69) is 10.4 Å². The molecule has 0 spiro atoms. The molecule has 1 N–H and O–H groups in total. The predicted molar refractivity (Wildman–Crippen MR) is 113 cm³/mol. The van der Waals surface area contributed by atoms with Crippen molar-refractivity contribution in [2.24, 2.45) is 0 Å². The predicted octanol–water partition coefficient (Wildman–Crippen LogP) is 4.39. The van der Waals surface area contributed by atoms with Gasteiger partial charge in [0, 0.05) is 37.3 Å². The van der Waals surface area contributed by atoms with E-state index >= 15 is 0 Å². The lowest BCUT2D eigenvalue weighted by atomic mass is 10.2. The van der Waals surface area contributed by atoms with E-state index in [0.717, 1.165) is 37.3 Å². The Hall–Kier alpha value is -2.70. The Bertz CT molecular complexity index is 841. The average molecular weight is 403 g/mol. The number of aryl methyl sites for hydroxylation is 2. The highest BCUT2D eigenvalue weighted by molar-refractivity contribution is 5.91. The molecule has 2 aromatic rings. The molecule has 2 rings (SSSR count). The van der Waals surface area contributed by atoms with E-state index in [4.69, 9.17) is 0 Å². The fourth-order valence-corrected chi connectivity index (χ4v) is 3.31. The first-order chi connectivity index (χ1) is 13.8. The van der Waals surface area contributed by atoms with E-state index in [0.29, 0.717) is 24.2 Å². The average Bonchev–Trinajstić information content (AvgIpc) is 2.99. The number of nitrogens with one attached hydrogen (secondary N) is 1. The third-order valence-corrected chi connectivity index (χ3v) is 4.60. The molecule has 0 aliphatic rings. The Morgan fingerprint density at radius 2 is 1.79 bits per heavy atom. The maximum atomic E-state index is 14.5. The van der Waals surface area contributed by atoms with Gasteiger partial charge in [0.25, 0.3) is 0 Å². The minimum atomic E-state index is -0.459. The highest BCUT2D eigenvalue weighted by Gasteiger charge is 2.14. The molecule has 1 heterocycles. The molecular formula is C22H31FN4O2. The van der Waals surface area contributed by atoms with E-state index in [9.17, 15) is 14.0 Å². The van der Waals surface area contributed by atoms with E-state index in [-0.39, 0.29) is 18.2 Å². The van der Waals surface area contributed by atoms with Crippen LogP contribution in [0.4, 0.5) is 10.1 Å². The van der Waals surface area contributed by atoms with Crippen LogP contribution in [0.5, 0.6) is 0 Å². The fourth-order valence-electron chi connectivity index (χ4n) is 3.31. The monoisotopic (exact) mass is 402 g/mol. The molecule has 29 heavy (non-hydrogen) atoms. The summed E-state index contributed by atoms with van der Waals surface area (Å²) in [5.41, 5.74) is 2.38. The molecule has 0 aliphatic carbocycles. The van der Waals surface area contributed by atoms with Crippen molar-refractivity contribution in [3.8, 4) is 5.69 Å². The molecule has 7 heteroatoms. The van der Waals surface area contributed by atoms with Gasteiger partial charge in [-0.25, -0.2) is 9.07 Å². The van der Waals surface area contributed by atoms with Gasteiger partial charge in [0.1, 0.15) is 5.69 Å². The van der Waals surface area contributed by atoms with Crippen molar-refractivity contribution in [3.05, 3.63) is 41.5 Å². The van der Waals surface area contributed by atoms with Gasteiger partial charge in [0.2, 0.25) is 11.8 Å². The summed E-state index contributed by atoms with van der Waals surface area (Å²) in [4.78, 5) is 26.3. The Morgan fingerprint density at radius 3 is 2.34 bits per heavy atom. The topological polar surface area (TPSA) is 67.2 Å². The van der Waals surface area contributed by atoms with E-state index < -0.39 is 5.82 Å². The molecule has 0 atom stereocenters. The van der Waals surface area contributed by atoms with Gasteiger partial charge in [-0.3, -0.25) is 9.59 Å². The van der Waals surface area contributed by atoms with E-state index in [1.807, 2.05) is 38.7 Å². The third kappa shape index (κ3) is 6.41. The van der Waals surface area contributed by atoms with Crippen LogP contribution in [0.3, 0.4) is 0 Å². The van der Waals surface area contributed by atoms with Crippen LogP contribution in [0.2, 0.25) is 0 Å². The SMILES string of the molecule is CCCN(CCC)C(=O)CCCC(=O)Nc1ccc(-n2nc(C)cc2C)c(F)c1. The lowest BCUT2D eigenvalue weighted by Gasteiger charge is -2.21. The maximum Gasteiger partial charge on any atom is 0.224 e. The molecule has 0 saturated heterocycles. The van der Waals surface area contributed by atoms with Crippen molar-refractivity contribution < 1.29 is 14.0 Å². The molecule has 1 aromatic heterocycles. The standard InChI is InChI=1S/C22H31FN4O2/c1-5-12-26(13-6-2)22(29)9-7-8-21(28)24-18-10-11-20(19(23)15-18)27-17(4)14-16(3)25-27/h10-11,14-15H,5-9,12-13H2,1-4H3,(H,24,28). The molecule has 0 bridgehead atoms. The Kier molecular flexibility index (Phi) is 8.36. The number of carbonyl (C=O) groups excluding carboxylic acids is 2. The largest absolute Gasteiger partial charge is 0.343 e. The number of rotatable bonds is 10. The lowest BCUT2D eigenvalue weighted by molar-refractivity contribution is -0.131. The summed E-state index contributed by atoms with van der Waals surface area (Å²) in [6, 6.07) is 6.42. The van der Waals surface area contributed by atoms with Gasteiger partial charge in [0.15, 0.2) is 5.82 Å². The van der Waals surface area contributed by atoms with Gasteiger partial charge < -0.3 is 10.2 Å². The van der Waals surface area contributed by atoms with Gasteiger partial charge in [-0.15, -0.1) is 0 Å². The summed E-state index contributed by atoms with van der Waals surface area (Å²) >= 11 is 0. The van der Waals surface area contributed by atoms with Crippen molar-refractivity contribution in [1.29, 1.82) is 0 Å². The number of aromatic nitrogens is 2. The number of nitrogens with zero attached hydrogens (tertiary/aromatic N) is 3. The number of amides is 2. The highest BCUT2D eigenvalue weighted by atomic mass is 19.1. The fraction of sp³-hybridized carbons (Fsp3) is 0.500. The zero-order valence-corrected chi connectivity index (χ0v) is 17.8. The molecule has 0 saturated carbocycles. The van der Waals surface area contributed by atoms with Crippen LogP contribution in [0.25, 0.3) is 5.69 Å². The van der Waals surface area contributed by atoms with Crippen molar-refractivity contribution in [3.63, 3.8) is 0 Å². The summed E-state index contributed by atoms with van der Waals surface area (Å²) in [7, 11) is 0. The molecule has 6 nitrogen and oxygen atoms in total. The molecule has 0 aliphatic heterocycles. The Labute approximate surface area is 172 Å². The molecule has 158 valence electrons. The first kappa shape index (κ1) is 22.6. The van der Waals surface area contributed by atoms with Gasteiger partial charge >= 0.3 is 0 Å². The van der Waals surface area contributed by atoms with Crippen LogP contribution < -0.4 is 5.32 Å². The first-order valence-electron chi connectivity index (χ1n) is 10.3. The molecule has 2 amide bonds. The molecule has 0 unspecified atom stereocenters. The molecular weight excluding hydrogens is 371 g/mol. The zero-order valence-electron chi connectivity index (χ0n) is 17.8. The second-order valence-corrected chi connectivity index (χ2v) is 7.29. The number of halogens is 1. The summed E-state index contributed by atoms with van der Waals surface area (Å²) in [6.45, 7) is 9.30. The molecule has 1 aromatic carbocycles. The van der Waals surface area contributed by atoms with Crippen LogP contribution in [0, 0.1) is 19.7 Å². The number of carbonyl (C=O) groups is 2. The first-order valence-corrected chi connectivity index (χ1v) is 10.3. The van der Waals surface area contributed by atoms with Gasteiger partial charge in [-0.2, -0.15) is 5.10 Å². The van der Waals surface area contributed by atoms with Gasteiger partial charge in [-0.05, 0) is 57.4 Å². The van der Waals surface area contributed by atoms with Crippen LogP contribution in [0.1, 0.15) is 57.3 Å². The second-order valence-electron chi connectivity index (χ2n) is 7.29. The highest BCUT2D eigenvalue weighted by Crippen LogP contribution is 2.20. The minimum absolute atomic E-state index is 0.0850. The Balaban J connectivity index is 1.88. The van der Waals surface area contributed by atoms with Crippen LogP contribution in [-0.2, 0) is 9.59 Å². The van der Waals surface area contributed by atoms with Gasteiger partial charge in [-0.1, -0.05) is 13.8 Å². The summed E-state index contributed by atoms with van der Waals surface area (Å²) in [6.07, 6.45) is 2.88. The van der Waals surface area contributed by atoms with Crippen molar-refractivity contribution in [2.45, 2.75) is 59.8 Å². The summed E-state index contributed by atoms with van der Waals surface area (Å²) in [5.74, 6) is -0.602. The molecule has 0 radical (unpaired) electrons. The van der Waals surface area contributed by atoms with Crippen molar-refractivity contribution in [2.75, 3.05) is 18.4 Å². The third-order valence-electron chi connectivity index (χ3n) is 4.60. The number of anilines is 1. The van der Waals surface area contributed by atoms with Crippen molar-refractivity contribution in [1.82, 2.24) is 14.7 Å². The lowest BCUT2D eigenvalue weighted by Crippen LogP contribution is -2.32. The Morgan fingerprint density at radius 1 is 1.10 bits per heavy atom. The van der Waals surface area contributed by atoms with Crippen molar-refractivity contribution >= 4 is 17.5 Å². The minimum Gasteiger partial charge on any atom is -0.343 e. The number of hydrogen-bond donors (Lipinski definition) is 1. The van der Waals surface area contributed by atoms with Crippen LogP contribution in [-0.4, -0.2) is 39.6 Å². The smallest absolute Gasteiger partial charge is 0.224 e. The number of hydrogen-bond acceptors (Lipinski definition) is 3. The normalized spacial score (nSPS) is 10.8.